The normalized spacial score (nSPS) is 11.6. The Morgan fingerprint density at radius 1 is 1.53 bits per heavy atom. The summed E-state index contributed by atoms with van der Waals surface area (Å²) in [5.74, 6) is -0.235. The van der Waals surface area contributed by atoms with Gasteiger partial charge in [-0.05, 0) is 45.4 Å². The van der Waals surface area contributed by atoms with Crippen molar-refractivity contribution in [3.8, 4) is 0 Å². The average molecular weight is 224 g/mol. The zero-order chi connectivity index (χ0) is 11.4. The van der Waals surface area contributed by atoms with Gasteiger partial charge in [0.25, 0.3) is 0 Å². The van der Waals surface area contributed by atoms with Crippen molar-refractivity contribution in [3.63, 3.8) is 0 Å². The first kappa shape index (κ1) is 12.0. The molecule has 1 rings (SSSR count). The Labute approximate surface area is 94.6 Å². The minimum Gasteiger partial charge on any atom is -0.463 e. The third-order valence-electron chi connectivity index (χ3n) is 2.05. The maximum atomic E-state index is 11.4. The van der Waals surface area contributed by atoms with Crippen LogP contribution >= 0.6 is 11.3 Å². The maximum absolute atomic E-state index is 11.4. The van der Waals surface area contributed by atoms with Crippen LogP contribution in [0.5, 0.6) is 0 Å². The second-order valence-corrected chi connectivity index (χ2v) is 4.88. The minimum absolute atomic E-state index is 0.235. The predicted octanol–water partition coefficient (Wildman–Crippen LogP) is 3.33. The van der Waals surface area contributed by atoms with E-state index in [0.717, 1.165) is 5.56 Å². The van der Waals surface area contributed by atoms with Gasteiger partial charge in [-0.15, -0.1) is 11.3 Å². The molecule has 0 fully saturated rings. The average Bonchev–Trinajstić information content (AvgIpc) is 2.45. The highest BCUT2D eigenvalue weighted by atomic mass is 32.1. The molecule has 1 aromatic heterocycles. The highest BCUT2D eigenvalue weighted by Gasteiger charge is 2.06. The number of ether oxygens (including phenoxy) is 1. The molecule has 82 valence electrons. The molecule has 0 unspecified atom stereocenters. The van der Waals surface area contributed by atoms with Crippen molar-refractivity contribution < 1.29 is 9.53 Å². The van der Waals surface area contributed by atoms with Gasteiger partial charge in [0.1, 0.15) is 0 Å². The van der Waals surface area contributed by atoms with E-state index >= 15 is 0 Å². The van der Waals surface area contributed by atoms with Crippen LogP contribution in [0.15, 0.2) is 11.6 Å². The van der Waals surface area contributed by atoms with Crippen LogP contribution in [0, 0.1) is 13.8 Å². The fourth-order valence-electron chi connectivity index (χ4n) is 1.33. The number of rotatable bonds is 3. The van der Waals surface area contributed by atoms with Crippen LogP contribution < -0.4 is 0 Å². The zero-order valence-electron chi connectivity index (χ0n) is 9.59. The van der Waals surface area contributed by atoms with Gasteiger partial charge in [0.05, 0.1) is 6.61 Å². The third-order valence-corrected chi connectivity index (χ3v) is 3.03. The third kappa shape index (κ3) is 3.20. The van der Waals surface area contributed by atoms with E-state index in [1.54, 1.807) is 18.3 Å². The van der Waals surface area contributed by atoms with Gasteiger partial charge in [-0.2, -0.15) is 0 Å². The Bertz CT molecular complexity index is 388. The van der Waals surface area contributed by atoms with Crippen molar-refractivity contribution in [1.29, 1.82) is 0 Å². The van der Waals surface area contributed by atoms with Crippen LogP contribution in [-0.4, -0.2) is 12.6 Å². The molecule has 0 radical (unpaired) electrons. The Kier molecular flexibility index (Phi) is 4.09. The van der Waals surface area contributed by atoms with Crippen molar-refractivity contribution >= 4 is 23.4 Å². The molecular weight excluding hydrogens is 208 g/mol. The molecule has 1 heterocycles. The quantitative estimate of drug-likeness (QED) is 0.581. The second-order valence-electron chi connectivity index (χ2n) is 3.42. The maximum Gasteiger partial charge on any atom is 0.333 e. The Balaban J connectivity index is 2.87. The molecule has 0 atom stereocenters. The molecule has 0 aromatic carbocycles. The fourth-order valence-corrected chi connectivity index (χ4v) is 2.24. The summed E-state index contributed by atoms with van der Waals surface area (Å²) in [5.41, 5.74) is 1.76. The highest BCUT2D eigenvalue weighted by molar-refractivity contribution is 7.12. The van der Waals surface area contributed by atoms with E-state index in [9.17, 15) is 4.79 Å². The molecule has 15 heavy (non-hydrogen) atoms. The van der Waals surface area contributed by atoms with Gasteiger partial charge in [0.2, 0.25) is 0 Å². The summed E-state index contributed by atoms with van der Waals surface area (Å²) in [7, 11) is 0. The van der Waals surface area contributed by atoms with Crippen LogP contribution in [0.4, 0.5) is 0 Å². The molecule has 0 aliphatic rings. The molecule has 0 amide bonds. The van der Waals surface area contributed by atoms with Crippen LogP contribution in [0.2, 0.25) is 0 Å². The molecule has 0 bridgehead atoms. The molecule has 0 spiro atoms. The summed E-state index contributed by atoms with van der Waals surface area (Å²) in [4.78, 5) is 13.9. The summed E-state index contributed by atoms with van der Waals surface area (Å²) in [6.45, 7) is 8.14. The Morgan fingerprint density at radius 3 is 2.67 bits per heavy atom. The Hall–Kier alpha value is -1.09. The lowest BCUT2D eigenvalue weighted by Gasteiger charge is -2.00. The van der Waals surface area contributed by atoms with Gasteiger partial charge in [0.15, 0.2) is 0 Å². The van der Waals surface area contributed by atoms with Crippen LogP contribution in [0.25, 0.3) is 6.08 Å². The number of carbonyl (C=O) groups is 1. The van der Waals surface area contributed by atoms with Crippen molar-refractivity contribution in [1.82, 2.24) is 0 Å². The summed E-state index contributed by atoms with van der Waals surface area (Å²) < 4.78 is 4.92. The summed E-state index contributed by atoms with van der Waals surface area (Å²) in [6, 6.07) is 2.09. The Morgan fingerprint density at radius 2 is 2.20 bits per heavy atom. The van der Waals surface area contributed by atoms with E-state index < -0.39 is 0 Å². The van der Waals surface area contributed by atoms with E-state index in [1.807, 2.05) is 13.0 Å². The van der Waals surface area contributed by atoms with Gasteiger partial charge in [-0.1, -0.05) is 0 Å². The van der Waals surface area contributed by atoms with E-state index in [1.165, 1.54) is 9.75 Å². The van der Waals surface area contributed by atoms with Crippen molar-refractivity contribution in [3.05, 3.63) is 27.0 Å². The van der Waals surface area contributed by atoms with Gasteiger partial charge in [0, 0.05) is 15.3 Å². The number of thiophene rings is 1. The topological polar surface area (TPSA) is 26.3 Å². The molecule has 0 saturated heterocycles. The van der Waals surface area contributed by atoms with Crippen molar-refractivity contribution in [2.24, 2.45) is 0 Å². The standard InChI is InChI=1S/C12H16O2S/c1-5-14-12(13)8(2)6-11-7-9(3)15-10(11)4/h6-7H,5H2,1-4H3/b8-6+. The molecule has 0 aliphatic carbocycles. The number of carbonyl (C=O) groups excluding carboxylic acids is 1. The van der Waals surface area contributed by atoms with E-state index in [2.05, 4.69) is 19.9 Å². The first-order valence-corrected chi connectivity index (χ1v) is 5.78. The number of hydrogen-bond donors (Lipinski definition) is 0. The lowest BCUT2D eigenvalue weighted by atomic mass is 10.1. The molecule has 0 N–H and O–H groups in total. The lowest BCUT2D eigenvalue weighted by Crippen LogP contribution is -2.04. The number of hydrogen-bond acceptors (Lipinski definition) is 3. The first-order valence-electron chi connectivity index (χ1n) is 4.97. The summed E-state index contributed by atoms with van der Waals surface area (Å²) in [6.07, 6.45) is 1.89. The van der Waals surface area contributed by atoms with Gasteiger partial charge in [-0.25, -0.2) is 4.79 Å². The van der Waals surface area contributed by atoms with Crippen LogP contribution in [0.1, 0.15) is 29.2 Å². The van der Waals surface area contributed by atoms with Crippen LogP contribution in [-0.2, 0) is 9.53 Å². The molecule has 2 nitrogen and oxygen atoms in total. The molecule has 0 aliphatic heterocycles. The van der Waals surface area contributed by atoms with Gasteiger partial charge >= 0.3 is 5.97 Å². The fraction of sp³-hybridized carbons (Fsp3) is 0.417. The van der Waals surface area contributed by atoms with E-state index in [0.29, 0.717) is 12.2 Å². The minimum atomic E-state index is -0.235. The summed E-state index contributed by atoms with van der Waals surface area (Å²) >= 11 is 1.74. The van der Waals surface area contributed by atoms with Gasteiger partial charge < -0.3 is 4.74 Å². The predicted molar refractivity (Wildman–Crippen MR) is 64.1 cm³/mol. The SMILES string of the molecule is CCOC(=O)/C(C)=C/c1cc(C)sc1C. The molecular formula is C12H16O2S. The smallest absolute Gasteiger partial charge is 0.333 e. The molecule has 3 heteroatoms. The van der Waals surface area contributed by atoms with Gasteiger partial charge in [-0.3, -0.25) is 0 Å². The largest absolute Gasteiger partial charge is 0.463 e. The lowest BCUT2D eigenvalue weighted by molar-refractivity contribution is -0.138. The van der Waals surface area contributed by atoms with Crippen LogP contribution in [0.3, 0.4) is 0 Å². The molecule has 0 saturated carbocycles. The summed E-state index contributed by atoms with van der Waals surface area (Å²) in [5, 5.41) is 0. The zero-order valence-corrected chi connectivity index (χ0v) is 10.4. The first-order chi connectivity index (χ1) is 7.04. The number of esters is 1. The number of aryl methyl sites for hydroxylation is 2. The highest BCUT2D eigenvalue weighted by Crippen LogP contribution is 2.22. The monoisotopic (exact) mass is 224 g/mol. The van der Waals surface area contributed by atoms with E-state index in [4.69, 9.17) is 4.74 Å². The van der Waals surface area contributed by atoms with Crippen molar-refractivity contribution in [2.75, 3.05) is 6.61 Å². The van der Waals surface area contributed by atoms with E-state index in [-0.39, 0.29) is 5.97 Å². The second kappa shape index (κ2) is 5.12. The molecule has 1 aromatic rings. The van der Waals surface area contributed by atoms with Crippen molar-refractivity contribution in [2.45, 2.75) is 27.7 Å².